The Morgan fingerprint density at radius 3 is 2.67 bits per heavy atom. The van der Waals surface area contributed by atoms with Gasteiger partial charge < -0.3 is 14.5 Å². The summed E-state index contributed by atoms with van der Waals surface area (Å²) in [5, 5.41) is 7.69. The van der Waals surface area contributed by atoms with E-state index >= 15 is 0 Å². The van der Waals surface area contributed by atoms with Crippen molar-refractivity contribution >= 4 is 23.0 Å². The highest BCUT2D eigenvalue weighted by Crippen LogP contribution is 2.11. The molecule has 0 spiro atoms. The van der Waals surface area contributed by atoms with Gasteiger partial charge in [-0.25, -0.2) is 0 Å². The van der Waals surface area contributed by atoms with E-state index in [1.54, 1.807) is 13.4 Å². The van der Waals surface area contributed by atoms with Crippen molar-refractivity contribution in [3.63, 3.8) is 0 Å². The molecular formula is C15H17N3O2S. The summed E-state index contributed by atoms with van der Waals surface area (Å²) >= 11 is 5.14. The Morgan fingerprint density at radius 2 is 2.05 bits per heavy atom. The van der Waals surface area contributed by atoms with Gasteiger partial charge in [-0.15, -0.1) is 0 Å². The summed E-state index contributed by atoms with van der Waals surface area (Å²) in [6.45, 7) is 2.43. The van der Waals surface area contributed by atoms with Gasteiger partial charge in [0.25, 0.3) is 0 Å². The second-order valence-corrected chi connectivity index (χ2v) is 4.71. The smallest absolute Gasteiger partial charge is 0.187 e. The van der Waals surface area contributed by atoms with Crippen molar-refractivity contribution < 1.29 is 9.15 Å². The lowest BCUT2D eigenvalue weighted by molar-refractivity contribution is 0.415. The van der Waals surface area contributed by atoms with E-state index in [0.717, 1.165) is 22.8 Å². The van der Waals surface area contributed by atoms with E-state index in [2.05, 4.69) is 15.8 Å². The van der Waals surface area contributed by atoms with E-state index in [9.17, 15) is 0 Å². The number of ether oxygens (including phenoxy) is 1. The minimum Gasteiger partial charge on any atom is -0.497 e. The van der Waals surface area contributed by atoms with Crippen molar-refractivity contribution in [3.05, 3.63) is 54.0 Å². The van der Waals surface area contributed by atoms with E-state index in [-0.39, 0.29) is 0 Å². The fraction of sp³-hybridized carbons (Fsp3) is 0.200. The van der Waals surface area contributed by atoms with Gasteiger partial charge in [-0.1, -0.05) is 0 Å². The zero-order valence-electron chi connectivity index (χ0n) is 11.9. The number of nitrogens with one attached hydrogen (secondary N) is 2. The summed E-state index contributed by atoms with van der Waals surface area (Å²) in [4.78, 5) is 0. The molecule has 0 atom stereocenters. The summed E-state index contributed by atoms with van der Waals surface area (Å²) in [6.07, 6.45) is 1.62. The lowest BCUT2D eigenvalue weighted by atomic mass is 10.1. The summed E-state index contributed by atoms with van der Waals surface area (Å²) < 4.78 is 10.3. The van der Waals surface area contributed by atoms with Crippen LogP contribution in [0.5, 0.6) is 5.75 Å². The molecule has 0 radical (unpaired) electrons. The van der Waals surface area contributed by atoms with Gasteiger partial charge in [-0.3, -0.25) is 5.43 Å². The van der Waals surface area contributed by atoms with Crippen LogP contribution in [-0.2, 0) is 6.54 Å². The number of rotatable bonds is 5. The lowest BCUT2D eigenvalue weighted by Crippen LogP contribution is -2.32. The maximum atomic E-state index is 5.20. The molecule has 5 nitrogen and oxygen atoms in total. The average molecular weight is 303 g/mol. The van der Waals surface area contributed by atoms with Crippen molar-refractivity contribution in [1.82, 2.24) is 10.7 Å². The molecule has 6 heteroatoms. The molecule has 1 heterocycles. The predicted molar refractivity (Wildman–Crippen MR) is 86.5 cm³/mol. The molecule has 2 rings (SSSR count). The number of hydrogen-bond donors (Lipinski definition) is 2. The third kappa shape index (κ3) is 4.61. The van der Waals surface area contributed by atoms with E-state index in [0.29, 0.717) is 11.7 Å². The molecule has 1 aromatic heterocycles. The minimum atomic E-state index is 0.444. The minimum absolute atomic E-state index is 0.444. The number of hydrogen-bond acceptors (Lipinski definition) is 4. The van der Waals surface area contributed by atoms with Gasteiger partial charge in [0.1, 0.15) is 11.5 Å². The van der Waals surface area contributed by atoms with Gasteiger partial charge in [0.05, 0.1) is 25.6 Å². The van der Waals surface area contributed by atoms with E-state index in [4.69, 9.17) is 21.4 Å². The largest absolute Gasteiger partial charge is 0.497 e. The second-order valence-electron chi connectivity index (χ2n) is 4.30. The average Bonchev–Trinajstić information content (AvgIpc) is 3.04. The Hall–Kier alpha value is -2.34. The Morgan fingerprint density at radius 1 is 1.29 bits per heavy atom. The summed E-state index contributed by atoms with van der Waals surface area (Å²) in [7, 11) is 1.64. The SMILES string of the molecule is COc1ccc(/C(C)=N\NC(=S)NCc2ccco2)cc1. The van der Waals surface area contributed by atoms with Crippen LogP contribution in [0, 0.1) is 0 Å². The van der Waals surface area contributed by atoms with Crippen molar-refractivity contribution in [3.8, 4) is 5.75 Å². The molecule has 110 valence electrons. The number of furan rings is 1. The van der Waals surface area contributed by atoms with E-state index in [1.165, 1.54) is 0 Å². The molecule has 2 N–H and O–H groups in total. The van der Waals surface area contributed by atoms with Crippen LogP contribution in [0.1, 0.15) is 18.2 Å². The number of nitrogens with zero attached hydrogens (tertiary/aromatic N) is 1. The monoisotopic (exact) mass is 303 g/mol. The van der Waals surface area contributed by atoms with Crippen molar-refractivity contribution in [1.29, 1.82) is 0 Å². The van der Waals surface area contributed by atoms with Gasteiger partial charge in [-0.05, 0) is 61.1 Å². The number of benzene rings is 1. The Balaban J connectivity index is 1.85. The third-order valence-electron chi connectivity index (χ3n) is 2.84. The van der Waals surface area contributed by atoms with Crippen LogP contribution < -0.4 is 15.5 Å². The Bertz CT molecular complexity index is 606. The molecular weight excluding hydrogens is 286 g/mol. The topological polar surface area (TPSA) is 58.8 Å². The first-order chi connectivity index (χ1) is 10.2. The van der Waals surface area contributed by atoms with Gasteiger partial charge in [0.15, 0.2) is 5.11 Å². The van der Waals surface area contributed by atoms with Crippen LogP contribution in [0.25, 0.3) is 0 Å². The fourth-order valence-electron chi connectivity index (χ4n) is 1.65. The number of hydrazone groups is 1. The molecule has 2 aromatic rings. The first-order valence-electron chi connectivity index (χ1n) is 6.44. The molecule has 0 aliphatic heterocycles. The maximum absolute atomic E-state index is 5.20. The predicted octanol–water partition coefficient (Wildman–Crippen LogP) is 2.68. The zero-order chi connectivity index (χ0) is 15.1. The molecule has 0 aliphatic rings. The Labute approximate surface area is 129 Å². The summed E-state index contributed by atoms with van der Waals surface area (Å²) in [6, 6.07) is 11.4. The highest BCUT2D eigenvalue weighted by molar-refractivity contribution is 7.80. The van der Waals surface area contributed by atoms with Crippen molar-refractivity contribution in [2.45, 2.75) is 13.5 Å². The summed E-state index contributed by atoms with van der Waals surface area (Å²) in [5.41, 5.74) is 4.64. The molecule has 0 saturated carbocycles. The highest BCUT2D eigenvalue weighted by Gasteiger charge is 2.00. The van der Waals surface area contributed by atoms with Crippen LogP contribution in [0.4, 0.5) is 0 Å². The number of methoxy groups -OCH3 is 1. The van der Waals surface area contributed by atoms with E-state index < -0.39 is 0 Å². The Kier molecular flexibility index (Phi) is 5.34. The van der Waals surface area contributed by atoms with Crippen molar-refractivity contribution in [2.24, 2.45) is 5.10 Å². The fourth-order valence-corrected chi connectivity index (χ4v) is 1.77. The third-order valence-corrected chi connectivity index (χ3v) is 3.07. The molecule has 0 aliphatic carbocycles. The van der Waals surface area contributed by atoms with Gasteiger partial charge >= 0.3 is 0 Å². The van der Waals surface area contributed by atoms with E-state index in [1.807, 2.05) is 43.3 Å². The maximum Gasteiger partial charge on any atom is 0.187 e. The van der Waals surface area contributed by atoms with Crippen LogP contribution in [-0.4, -0.2) is 17.9 Å². The van der Waals surface area contributed by atoms with Crippen molar-refractivity contribution in [2.75, 3.05) is 7.11 Å². The van der Waals surface area contributed by atoms with Crippen LogP contribution in [0.15, 0.2) is 52.2 Å². The zero-order valence-corrected chi connectivity index (χ0v) is 12.7. The summed E-state index contributed by atoms with van der Waals surface area (Å²) in [5.74, 6) is 1.63. The van der Waals surface area contributed by atoms with Gasteiger partial charge in [0.2, 0.25) is 0 Å². The normalized spacial score (nSPS) is 11.0. The van der Waals surface area contributed by atoms with Crippen LogP contribution in [0.2, 0.25) is 0 Å². The molecule has 0 saturated heterocycles. The number of thiocarbonyl (C=S) groups is 1. The molecule has 0 unspecified atom stereocenters. The first kappa shape index (κ1) is 15.1. The lowest BCUT2D eigenvalue weighted by Gasteiger charge is -2.07. The quantitative estimate of drug-likeness (QED) is 0.505. The molecule has 0 bridgehead atoms. The second kappa shape index (κ2) is 7.44. The molecule has 1 aromatic carbocycles. The molecule has 0 fully saturated rings. The molecule has 0 amide bonds. The molecule has 21 heavy (non-hydrogen) atoms. The van der Waals surface area contributed by atoms with Gasteiger partial charge in [-0.2, -0.15) is 5.10 Å². The first-order valence-corrected chi connectivity index (χ1v) is 6.85. The van der Waals surface area contributed by atoms with Gasteiger partial charge in [0, 0.05) is 0 Å². The van der Waals surface area contributed by atoms with Crippen LogP contribution >= 0.6 is 12.2 Å². The standard InChI is InChI=1S/C15H17N3O2S/c1-11(12-5-7-13(19-2)8-6-12)17-18-15(21)16-10-14-4-3-9-20-14/h3-9H,10H2,1-2H3,(H2,16,18,21)/b17-11-. The highest BCUT2D eigenvalue weighted by atomic mass is 32.1. The van der Waals surface area contributed by atoms with Crippen LogP contribution in [0.3, 0.4) is 0 Å².